The van der Waals surface area contributed by atoms with E-state index in [9.17, 15) is 9.59 Å². The van der Waals surface area contributed by atoms with Crippen LogP contribution in [0.25, 0.3) is 0 Å². The van der Waals surface area contributed by atoms with Gasteiger partial charge in [0.25, 0.3) is 0 Å². The normalized spacial score (nSPS) is 12.1. The van der Waals surface area contributed by atoms with Gasteiger partial charge in [-0.2, -0.15) is 0 Å². The maximum Gasteiger partial charge on any atom is 0.336 e. The molecule has 0 heterocycles. The highest BCUT2D eigenvalue weighted by atomic mass is 16.7. The fourth-order valence-corrected chi connectivity index (χ4v) is 2.86. The molecule has 0 fully saturated rings. The Kier molecular flexibility index (Phi) is 17.7. The number of carbonyl (C=O) groups excluding carboxylic acids is 2. The molecule has 0 aromatic heterocycles. The second kappa shape index (κ2) is 18.8. The molecule has 0 aliphatic carbocycles. The molecule has 0 aliphatic rings. The van der Waals surface area contributed by atoms with Crippen LogP contribution in [0.2, 0.25) is 0 Å². The summed E-state index contributed by atoms with van der Waals surface area (Å²) in [6.45, 7) is 8.84. The van der Waals surface area contributed by atoms with Gasteiger partial charge in [-0.1, -0.05) is 77.0 Å². The minimum absolute atomic E-state index is 0.292. The van der Waals surface area contributed by atoms with Crippen LogP contribution < -0.4 is 0 Å². The molecular weight excluding hydrogens is 352 g/mol. The number of hydrogen-bond acceptors (Lipinski definition) is 4. The van der Waals surface area contributed by atoms with Crippen molar-refractivity contribution < 1.29 is 19.1 Å². The van der Waals surface area contributed by atoms with Crippen LogP contribution in [0.3, 0.4) is 0 Å². The minimum Gasteiger partial charge on any atom is -0.425 e. The monoisotopic (exact) mass is 394 g/mol. The van der Waals surface area contributed by atoms with E-state index < -0.39 is 12.3 Å². The van der Waals surface area contributed by atoms with Crippen LogP contribution in [-0.4, -0.2) is 18.2 Å². The molecule has 0 spiro atoms. The van der Waals surface area contributed by atoms with Crippen molar-refractivity contribution in [2.75, 3.05) is 0 Å². The van der Waals surface area contributed by atoms with Crippen molar-refractivity contribution in [2.24, 2.45) is 0 Å². The summed E-state index contributed by atoms with van der Waals surface area (Å²) in [7, 11) is 0. The lowest BCUT2D eigenvalue weighted by molar-refractivity contribution is -0.181. The molecule has 0 aromatic carbocycles. The van der Waals surface area contributed by atoms with Gasteiger partial charge in [0.2, 0.25) is 6.29 Å². The van der Waals surface area contributed by atoms with Gasteiger partial charge in [-0.15, -0.1) is 0 Å². The quantitative estimate of drug-likeness (QED) is 0.0823. The van der Waals surface area contributed by atoms with Crippen molar-refractivity contribution in [3.63, 3.8) is 0 Å². The fraction of sp³-hybridized carbons (Fsp3) is 0.750. The summed E-state index contributed by atoms with van der Waals surface area (Å²) in [6.07, 6.45) is 20.1. The van der Waals surface area contributed by atoms with Crippen LogP contribution in [0.1, 0.15) is 111 Å². The van der Waals surface area contributed by atoms with Crippen molar-refractivity contribution in [1.29, 1.82) is 0 Å². The number of ether oxygens (including phenoxy) is 2. The van der Waals surface area contributed by atoms with Gasteiger partial charge in [-0.3, -0.25) is 4.79 Å². The van der Waals surface area contributed by atoms with Gasteiger partial charge in [0.05, 0.1) is 0 Å². The van der Waals surface area contributed by atoms with E-state index in [1.165, 1.54) is 57.8 Å². The van der Waals surface area contributed by atoms with Gasteiger partial charge in [-0.25, -0.2) is 4.79 Å². The maximum absolute atomic E-state index is 11.7. The Labute approximate surface area is 172 Å². The molecule has 0 amide bonds. The topological polar surface area (TPSA) is 52.6 Å². The van der Waals surface area contributed by atoms with Crippen LogP contribution in [0.4, 0.5) is 0 Å². The number of esters is 2. The Morgan fingerprint density at radius 2 is 1.32 bits per heavy atom. The van der Waals surface area contributed by atoms with E-state index in [0.717, 1.165) is 25.7 Å². The van der Waals surface area contributed by atoms with E-state index in [1.54, 1.807) is 13.8 Å². The lowest BCUT2D eigenvalue weighted by atomic mass is 10.1. The Morgan fingerprint density at radius 1 is 0.821 bits per heavy atom. The molecule has 4 nitrogen and oxygen atoms in total. The highest BCUT2D eigenvalue weighted by Gasteiger charge is 2.14. The van der Waals surface area contributed by atoms with Crippen LogP contribution in [0.15, 0.2) is 24.3 Å². The highest BCUT2D eigenvalue weighted by molar-refractivity contribution is 5.87. The first-order chi connectivity index (χ1) is 13.5. The third kappa shape index (κ3) is 17.8. The van der Waals surface area contributed by atoms with Gasteiger partial charge in [-0.05, 0) is 39.0 Å². The third-order valence-corrected chi connectivity index (χ3v) is 4.56. The number of hydrogen-bond donors (Lipinski definition) is 0. The van der Waals surface area contributed by atoms with Gasteiger partial charge >= 0.3 is 11.9 Å². The average molecular weight is 395 g/mol. The predicted molar refractivity (Wildman–Crippen MR) is 116 cm³/mol. The smallest absolute Gasteiger partial charge is 0.336 e. The zero-order valence-electron chi connectivity index (χ0n) is 18.5. The highest BCUT2D eigenvalue weighted by Crippen LogP contribution is 2.11. The molecule has 0 rings (SSSR count). The van der Waals surface area contributed by atoms with Crippen molar-refractivity contribution in [3.8, 4) is 0 Å². The Bertz CT molecular complexity index is 454. The molecule has 1 atom stereocenters. The van der Waals surface area contributed by atoms with E-state index in [1.807, 2.05) is 0 Å². The van der Waals surface area contributed by atoms with Crippen LogP contribution >= 0.6 is 0 Å². The van der Waals surface area contributed by atoms with E-state index in [4.69, 9.17) is 9.47 Å². The lowest BCUT2D eigenvalue weighted by Crippen LogP contribution is -2.21. The molecule has 0 saturated heterocycles. The molecular formula is C24H42O4. The largest absolute Gasteiger partial charge is 0.425 e. The second-order valence-electron chi connectivity index (χ2n) is 7.58. The molecule has 0 saturated carbocycles. The lowest BCUT2D eigenvalue weighted by Gasteiger charge is -2.13. The standard InChI is InChI=1S/C24H42O4/c1-5-6-7-8-9-10-11-12-13-14-15-16-17-18-19-20-23(25)27-22(4)28-24(26)21(2)3/h12-13,22H,2,5-11,14-20H2,1,3-4H3. The van der Waals surface area contributed by atoms with E-state index in [-0.39, 0.29) is 5.97 Å². The van der Waals surface area contributed by atoms with E-state index in [2.05, 4.69) is 25.7 Å². The first kappa shape index (κ1) is 26.4. The van der Waals surface area contributed by atoms with Gasteiger partial charge in [0.1, 0.15) is 0 Å². The molecule has 28 heavy (non-hydrogen) atoms. The first-order valence-electron chi connectivity index (χ1n) is 11.2. The zero-order chi connectivity index (χ0) is 21.0. The average Bonchev–Trinajstić information content (AvgIpc) is 2.64. The summed E-state index contributed by atoms with van der Waals surface area (Å²) >= 11 is 0. The molecule has 1 unspecified atom stereocenters. The minimum atomic E-state index is -0.861. The number of allylic oxidation sites excluding steroid dienone is 2. The van der Waals surface area contributed by atoms with Gasteiger partial charge in [0, 0.05) is 18.9 Å². The summed E-state index contributed by atoms with van der Waals surface area (Å²) in [5.41, 5.74) is 0.292. The summed E-state index contributed by atoms with van der Waals surface area (Å²) < 4.78 is 9.98. The predicted octanol–water partition coefficient (Wildman–Crippen LogP) is 7.03. The van der Waals surface area contributed by atoms with Crippen LogP contribution in [0, 0.1) is 0 Å². The van der Waals surface area contributed by atoms with Crippen molar-refractivity contribution in [3.05, 3.63) is 24.3 Å². The van der Waals surface area contributed by atoms with Crippen LogP contribution in [0.5, 0.6) is 0 Å². The SMILES string of the molecule is C=C(C)C(=O)OC(C)OC(=O)CCCCCCCC=CCCCCCCCC. The van der Waals surface area contributed by atoms with Crippen LogP contribution in [-0.2, 0) is 19.1 Å². The van der Waals surface area contributed by atoms with E-state index in [0.29, 0.717) is 12.0 Å². The molecule has 4 heteroatoms. The van der Waals surface area contributed by atoms with Crippen molar-refractivity contribution in [1.82, 2.24) is 0 Å². The summed E-state index contributed by atoms with van der Waals surface area (Å²) in [5.74, 6) is -0.860. The zero-order valence-corrected chi connectivity index (χ0v) is 18.5. The van der Waals surface area contributed by atoms with Crippen molar-refractivity contribution in [2.45, 2.75) is 117 Å². The fourth-order valence-electron chi connectivity index (χ4n) is 2.86. The van der Waals surface area contributed by atoms with Gasteiger partial charge < -0.3 is 9.47 Å². The van der Waals surface area contributed by atoms with Crippen molar-refractivity contribution >= 4 is 11.9 Å². The number of rotatable bonds is 18. The van der Waals surface area contributed by atoms with E-state index >= 15 is 0 Å². The Hall–Kier alpha value is -1.58. The number of carbonyl (C=O) groups is 2. The summed E-state index contributed by atoms with van der Waals surface area (Å²) in [6, 6.07) is 0. The molecule has 0 aromatic rings. The maximum atomic E-state index is 11.7. The summed E-state index contributed by atoms with van der Waals surface area (Å²) in [4.78, 5) is 23.0. The third-order valence-electron chi connectivity index (χ3n) is 4.56. The molecule has 0 bridgehead atoms. The molecule has 0 radical (unpaired) electrons. The van der Waals surface area contributed by atoms with Gasteiger partial charge in [0.15, 0.2) is 0 Å². The molecule has 0 aliphatic heterocycles. The molecule has 0 N–H and O–H groups in total. The number of unbranched alkanes of at least 4 members (excludes halogenated alkanes) is 11. The molecule has 162 valence electrons. The Morgan fingerprint density at radius 3 is 1.86 bits per heavy atom. The Balaban J connectivity index is 3.42. The summed E-state index contributed by atoms with van der Waals surface area (Å²) in [5, 5.41) is 0. The second-order valence-corrected chi connectivity index (χ2v) is 7.58. The first-order valence-corrected chi connectivity index (χ1v) is 11.2.